The summed E-state index contributed by atoms with van der Waals surface area (Å²) < 4.78 is 2.13. The van der Waals surface area contributed by atoms with Gasteiger partial charge >= 0.3 is 0 Å². The van der Waals surface area contributed by atoms with Crippen molar-refractivity contribution < 1.29 is 0 Å². The molecule has 1 heterocycles. The molecule has 0 saturated carbocycles. The van der Waals surface area contributed by atoms with Gasteiger partial charge in [0.25, 0.3) is 0 Å². The van der Waals surface area contributed by atoms with E-state index in [1.54, 1.807) is 0 Å². The third-order valence-electron chi connectivity index (χ3n) is 1.96. The fraction of sp³-hybridized carbons (Fsp3) is 0.100. The van der Waals surface area contributed by atoms with Gasteiger partial charge in [-0.2, -0.15) is 0 Å². The van der Waals surface area contributed by atoms with Crippen LogP contribution in [-0.2, 0) is 4.43 Å². The van der Waals surface area contributed by atoms with E-state index in [4.69, 9.17) is 0 Å². The molecule has 0 aliphatic heterocycles. The maximum absolute atomic E-state index is 4.38. The second-order valence-corrected chi connectivity index (χ2v) is 4.35. The van der Waals surface area contributed by atoms with Crippen LogP contribution in [0.4, 0.5) is 0 Å². The van der Waals surface area contributed by atoms with E-state index in [-0.39, 0.29) is 0 Å². The van der Waals surface area contributed by atoms with Crippen LogP contribution >= 0.6 is 38.5 Å². The van der Waals surface area contributed by atoms with Crippen LogP contribution in [0.5, 0.6) is 0 Å². The molecule has 1 aromatic heterocycles. The summed E-state index contributed by atoms with van der Waals surface area (Å²) >= 11 is 5.89. The molecule has 2 rings (SSSR count). The van der Waals surface area contributed by atoms with Gasteiger partial charge < -0.3 is 0 Å². The van der Waals surface area contributed by atoms with Crippen molar-refractivity contribution in [3.63, 3.8) is 0 Å². The molecule has 0 atom stereocenters. The zero-order valence-corrected chi connectivity index (χ0v) is 10.5. The molecule has 0 saturated heterocycles. The first kappa shape index (κ1) is 9.40. The first-order chi connectivity index (χ1) is 6.33. The SMILES string of the molecule is Brc1ccc2cccnc2c1CI. The zero-order chi connectivity index (χ0) is 9.26. The van der Waals surface area contributed by atoms with Gasteiger partial charge in [-0.15, -0.1) is 0 Å². The van der Waals surface area contributed by atoms with E-state index in [9.17, 15) is 0 Å². The summed E-state index contributed by atoms with van der Waals surface area (Å²) in [6, 6.07) is 8.22. The molecule has 3 heteroatoms. The van der Waals surface area contributed by atoms with Gasteiger partial charge in [-0.1, -0.05) is 50.7 Å². The van der Waals surface area contributed by atoms with Crippen molar-refractivity contribution >= 4 is 49.4 Å². The van der Waals surface area contributed by atoms with Crippen molar-refractivity contribution in [2.24, 2.45) is 0 Å². The number of hydrogen-bond acceptors (Lipinski definition) is 1. The minimum absolute atomic E-state index is 0.979. The van der Waals surface area contributed by atoms with Gasteiger partial charge in [0.15, 0.2) is 0 Å². The second-order valence-electron chi connectivity index (χ2n) is 2.73. The van der Waals surface area contributed by atoms with Gasteiger partial charge in [0.2, 0.25) is 0 Å². The van der Waals surface area contributed by atoms with Gasteiger partial charge in [-0.25, -0.2) is 0 Å². The molecule has 66 valence electrons. The van der Waals surface area contributed by atoms with E-state index in [1.807, 2.05) is 12.3 Å². The standard InChI is InChI=1S/C10H7BrIN/c11-9-4-3-7-2-1-5-13-10(7)8(9)6-12/h1-5H,6H2. The van der Waals surface area contributed by atoms with Crippen molar-refractivity contribution in [2.45, 2.75) is 4.43 Å². The smallest absolute Gasteiger partial charge is 0.0752 e. The van der Waals surface area contributed by atoms with Crippen LogP contribution in [-0.4, -0.2) is 4.98 Å². The Morgan fingerprint density at radius 1 is 1.31 bits per heavy atom. The van der Waals surface area contributed by atoms with E-state index in [0.29, 0.717) is 0 Å². The molecule has 13 heavy (non-hydrogen) atoms. The lowest BCUT2D eigenvalue weighted by molar-refractivity contribution is 1.35. The van der Waals surface area contributed by atoms with Gasteiger partial charge in [0.05, 0.1) is 5.52 Å². The predicted octanol–water partition coefficient (Wildman–Crippen LogP) is 3.93. The average Bonchev–Trinajstić information content (AvgIpc) is 2.18. The van der Waals surface area contributed by atoms with E-state index in [2.05, 4.69) is 61.7 Å². The Kier molecular flexibility index (Phi) is 2.83. The van der Waals surface area contributed by atoms with Crippen LogP contribution in [0.3, 0.4) is 0 Å². The Bertz CT molecular complexity index is 442. The molecular weight excluding hydrogens is 341 g/mol. The number of pyridine rings is 1. The van der Waals surface area contributed by atoms with Gasteiger partial charge in [-0.05, 0) is 12.1 Å². The van der Waals surface area contributed by atoms with Crippen LogP contribution in [0.25, 0.3) is 10.9 Å². The van der Waals surface area contributed by atoms with Crippen LogP contribution in [0.15, 0.2) is 34.9 Å². The summed E-state index contributed by atoms with van der Waals surface area (Å²) in [5.74, 6) is 0. The monoisotopic (exact) mass is 347 g/mol. The fourth-order valence-corrected chi connectivity index (χ4v) is 3.06. The normalized spacial score (nSPS) is 10.6. The Labute approximate surface area is 98.8 Å². The molecule has 1 aromatic carbocycles. The summed E-state index contributed by atoms with van der Waals surface area (Å²) in [5, 5.41) is 1.21. The summed E-state index contributed by atoms with van der Waals surface area (Å²) in [7, 11) is 0. The van der Waals surface area contributed by atoms with Crippen molar-refractivity contribution in [3.05, 3.63) is 40.5 Å². The molecule has 0 spiro atoms. The number of nitrogens with zero attached hydrogens (tertiary/aromatic N) is 1. The summed E-state index contributed by atoms with van der Waals surface area (Å²) in [6.07, 6.45) is 1.84. The molecule has 0 radical (unpaired) electrons. The highest BCUT2D eigenvalue weighted by atomic mass is 127. The number of rotatable bonds is 1. The minimum atomic E-state index is 0.979. The number of benzene rings is 1. The lowest BCUT2D eigenvalue weighted by Gasteiger charge is -2.04. The molecule has 0 fully saturated rings. The van der Waals surface area contributed by atoms with Gasteiger partial charge in [0, 0.05) is 26.0 Å². The largest absolute Gasteiger partial charge is 0.256 e. The van der Waals surface area contributed by atoms with Gasteiger partial charge in [-0.3, -0.25) is 4.98 Å². The zero-order valence-electron chi connectivity index (χ0n) is 6.80. The lowest BCUT2D eigenvalue weighted by Crippen LogP contribution is -1.86. The molecule has 0 unspecified atom stereocenters. The Hall–Kier alpha value is -0.160. The van der Waals surface area contributed by atoms with Crippen LogP contribution < -0.4 is 0 Å². The van der Waals surface area contributed by atoms with Crippen LogP contribution in [0, 0.1) is 0 Å². The van der Waals surface area contributed by atoms with Crippen molar-refractivity contribution in [2.75, 3.05) is 0 Å². The predicted molar refractivity (Wildman–Crippen MR) is 67.2 cm³/mol. The maximum atomic E-state index is 4.38. The number of halogens is 2. The first-order valence-corrected chi connectivity index (χ1v) is 6.23. The summed E-state index contributed by atoms with van der Waals surface area (Å²) in [4.78, 5) is 4.38. The molecule has 0 N–H and O–H groups in total. The number of aromatic nitrogens is 1. The highest BCUT2D eigenvalue weighted by Gasteiger charge is 2.04. The van der Waals surface area contributed by atoms with Crippen LogP contribution in [0.1, 0.15) is 5.56 Å². The molecular formula is C10H7BrIN. The first-order valence-electron chi connectivity index (χ1n) is 3.91. The van der Waals surface area contributed by atoms with E-state index >= 15 is 0 Å². The molecule has 0 amide bonds. The van der Waals surface area contributed by atoms with Crippen molar-refractivity contribution in [1.82, 2.24) is 4.98 Å². The minimum Gasteiger partial charge on any atom is -0.256 e. The average molecular weight is 348 g/mol. The third-order valence-corrected chi connectivity index (χ3v) is 3.46. The quantitative estimate of drug-likeness (QED) is 0.562. The second kappa shape index (κ2) is 3.92. The van der Waals surface area contributed by atoms with Crippen molar-refractivity contribution in [3.8, 4) is 0 Å². The molecule has 1 nitrogen and oxygen atoms in total. The lowest BCUT2D eigenvalue weighted by atomic mass is 10.1. The number of alkyl halides is 1. The number of fused-ring (bicyclic) bond motifs is 1. The fourth-order valence-electron chi connectivity index (χ4n) is 1.31. The Balaban J connectivity index is 2.84. The van der Waals surface area contributed by atoms with E-state index in [0.717, 1.165) is 14.4 Å². The van der Waals surface area contributed by atoms with Crippen LogP contribution in [0.2, 0.25) is 0 Å². The third kappa shape index (κ3) is 1.72. The highest BCUT2D eigenvalue weighted by Crippen LogP contribution is 2.26. The molecule has 0 aliphatic carbocycles. The molecule has 2 aromatic rings. The summed E-state index contributed by atoms with van der Waals surface area (Å²) in [6.45, 7) is 0. The Morgan fingerprint density at radius 2 is 2.15 bits per heavy atom. The van der Waals surface area contributed by atoms with E-state index < -0.39 is 0 Å². The maximum Gasteiger partial charge on any atom is 0.0752 e. The van der Waals surface area contributed by atoms with Crippen molar-refractivity contribution in [1.29, 1.82) is 0 Å². The highest BCUT2D eigenvalue weighted by molar-refractivity contribution is 14.1. The van der Waals surface area contributed by atoms with Gasteiger partial charge in [0.1, 0.15) is 0 Å². The summed E-state index contributed by atoms with van der Waals surface area (Å²) in [5.41, 5.74) is 2.38. The molecule has 0 aliphatic rings. The number of hydrogen-bond donors (Lipinski definition) is 0. The molecule has 0 bridgehead atoms. The topological polar surface area (TPSA) is 12.9 Å². The Morgan fingerprint density at radius 3 is 2.92 bits per heavy atom. The van der Waals surface area contributed by atoms with E-state index in [1.165, 1.54) is 10.9 Å².